The fourth-order valence-corrected chi connectivity index (χ4v) is 2.43. The molecule has 104 valence electrons. The van der Waals surface area contributed by atoms with Crippen LogP contribution in [0.3, 0.4) is 0 Å². The van der Waals surface area contributed by atoms with Gasteiger partial charge in [0.2, 0.25) is 0 Å². The van der Waals surface area contributed by atoms with E-state index >= 15 is 0 Å². The normalized spacial score (nSPS) is 11.6. The molecule has 1 aromatic carbocycles. The SMILES string of the molecule is CCOCCCn1c(C(C)C)nc2cc(Cl)ccc21. The molecule has 0 bridgehead atoms. The zero-order valence-corrected chi connectivity index (χ0v) is 12.6. The minimum Gasteiger partial charge on any atom is -0.382 e. The standard InChI is InChI=1S/C15H21ClN2O/c1-4-19-9-5-8-18-14-7-6-12(16)10-13(14)17-15(18)11(2)3/h6-7,10-11H,4-5,8-9H2,1-3H3. The van der Waals surface area contributed by atoms with Crippen LogP contribution >= 0.6 is 11.6 Å². The third kappa shape index (κ3) is 3.28. The number of hydrogen-bond donors (Lipinski definition) is 0. The minimum absolute atomic E-state index is 0.401. The summed E-state index contributed by atoms with van der Waals surface area (Å²) < 4.78 is 7.70. The summed E-state index contributed by atoms with van der Waals surface area (Å²) in [5, 5.41) is 0.738. The van der Waals surface area contributed by atoms with Crippen molar-refractivity contribution in [2.45, 2.75) is 39.7 Å². The Balaban J connectivity index is 2.30. The van der Waals surface area contributed by atoms with Gasteiger partial charge >= 0.3 is 0 Å². The minimum atomic E-state index is 0.401. The van der Waals surface area contributed by atoms with E-state index in [1.165, 1.54) is 0 Å². The van der Waals surface area contributed by atoms with Gasteiger partial charge in [-0.05, 0) is 31.5 Å². The molecule has 0 saturated carbocycles. The van der Waals surface area contributed by atoms with Crippen LogP contribution in [-0.4, -0.2) is 22.8 Å². The summed E-state index contributed by atoms with van der Waals surface area (Å²) in [6, 6.07) is 5.91. The molecule has 4 heteroatoms. The molecule has 0 spiro atoms. The molecule has 3 nitrogen and oxygen atoms in total. The first-order chi connectivity index (χ1) is 9.13. The monoisotopic (exact) mass is 280 g/mol. The second-order valence-electron chi connectivity index (χ2n) is 4.96. The maximum atomic E-state index is 6.04. The van der Waals surface area contributed by atoms with Gasteiger partial charge in [0, 0.05) is 30.7 Å². The number of imidazole rings is 1. The molecule has 0 aliphatic carbocycles. The van der Waals surface area contributed by atoms with Crippen molar-refractivity contribution < 1.29 is 4.74 Å². The van der Waals surface area contributed by atoms with E-state index < -0.39 is 0 Å². The maximum absolute atomic E-state index is 6.04. The zero-order valence-electron chi connectivity index (χ0n) is 11.8. The Kier molecular flexibility index (Phi) is 4.83. The van der Waals surface area contributed by atoms with E-state index in [2.05, 4.69) is 24.5 Å². The van der Waals surface area contributed by atoms with Gasteiger partial charge in [-0.1, -0.05) is 25.4 Å². The Labute approximate surface area is 119 Å². The molecule has 2 rings (SSSR count). The second-order valence-corrected chi connectivity index (χ2v) is 5.40. The molecule has 0 fully saturated rings. The van der Waals surface area contributed by atoms with Crippen molar-refractivity contribution in [1.29, 1.82) is 0 Å². The molecule has 0 aliphatic heterocycles. The van der Waals surface area contributed by atoms with Crippen LogP contribution in [0.5, 0.6) is 0 Å². The molecule has 0 saturated heterocycles. The van der Waals surface area contributed by atoms with E-state index in [0.29, 0.717) is 5.92 Å². The van der Waals surface area contributed by atoms with Gasteiger partial charge in [-0.2, -0.15) is 0 Å². The lowest BCUT2D eigenvalue weighted by atomic mass is 10.2. The number of hydrogen-bond acceptors (Lipinski definition) is 2. The highest BCUT2D eigenvalue weighted by Gasteiger charge is 2.13. The molecule has 0 amide bonds. The quantitative estimate of drug-likeness (QED) is 0.740. The van der Waals surface area contributed by atoms with E-state index in [1.54, 1.807) is 0 Å². The third-order valence-corrected chi connectivity index (χ3v) is 3.37. The maximum Gasteiger partial charge on any atom is 0.112 e. The van der Waals surface area contributed by atoms with Gasteiger partial charge in [0.05, 0.1) is 11.0 Å². The lowest BCUT2D eigenvalue weighted by Gasteiger charge is -2.11. The number of ether oxygens (including phenoxy) is 1. The van der Waals surface area contributed by atoms with Crippen molar-refractivity contribution >= 4 is 22.6 Å². The van der Waals surface area contributed by atoms with E-state index in [1.807, 2.05) is 19.1 Å². The lowest BCUT2D eigenvalue weighted by molar-refractivity contribution is 0.141. The van der Waals surface area contributed by atoms with Crippen molar-refractivity contribution in [3.05, 3.63) is 29.0 Å². The predicted molar refractivity (Wildman–Crippen MR) is 79.9 cm³/mol. The largest absolute Gasteiger partial charge is 0.382 e. The van der Waals surface area contributed by atoms with Crippen molar-refractivity contribution in [1.82, 2.24) is 9.55 Å². The number of benzene rings is 1. The molecule has 0 atom stereocenters. The molecule has 2 aromatic rings. The molecule has 0 aliphatic rings. The first kappa shape index (κ1) is 14.4. The van der Waals surface area contributed by atoms with Gasteiger partial charge in [-0.25, -0.2) is 4.98 Å². The highest BCUT2D eigenvalue weighted by atomic mass is 35.5. The predicted octanol–water partition coefficient (Wildman–Crippen LogP) is 4.24. The van der Waals surface area contributed by atoms with Crippen LogP contribution in [0.4, 0.5) is 0 Å². The molecule has 0 radical (unpaired) electrons. The van der Waals surface area contributed by atoms with Gasteiger partial charge in [0.1, 0.15) is 5.82 Å². The third-order valence-electron chi connectivity index (χ3n) is 3.13. The zero-order chi connectivity index (χ0) is 13.8. The fraction of sp³-hybridized carbons (Fsp3) is 0.533. The molecule has 0 N–H and O–H groups in total. The number of halogens is 1. The number of fused-ring (bicyclic) bond motifs is 1. The van der Waals surface area contributed by atoms with E-state index in [-0.39, 0.29) is 0 Å². The molecular weight excluding hydrogens is 260 g/mol. The second kappa shape index (κ2) is 6.40. The molecule has 1 aromatic heterocycles. The summed E-state index contributed by atoms with van der Waals surface area (Å²) in [7, 11) is 0. The molecular formula is C15H21ClN2O. The van der Waals surface area contributed by atoms with Crippen LogP contribution < -0.4 is 0 Å². The fourth-order valence-electron chi connectivity index (χ4n) is 2.27. The van der Waals surface area contributed by atoms with Crippen molar-refractivity contribution in [2.75, 3.05) is 13.2 Å². The highest BCUT2D eigenvalue weighted by molar-refractivity contribution is 6.31. The number of nitrogens with zero attached hydrogens (tertiary/aromatic N) is 2. The summed E-state index contributed by atoms with van der Waals surface area (Å²) in [5.41, 5.74) is 2.14. The summed E-state index contributed by atoms with van der Waals surface area (Å²) in [4.78, 5) is 4.71. The highest BCUT2D eigenvalue weighted by Crippen LogP contribution is 2.24. The summed E-state index contributed by atoms with van der Waals surface area (Å²) >= 11 is 6.04. The van der Waals surface area contributed by atoms with Gasteiger partial charge in [-0.3, -0.25) is 0 Å². The van der Waals surface area contributed by atoms with Crippen LogP contribution in [0, 0.1) is 0 Å². The first-order valence-corrected chi connectivity index (χ1v) is 7.24. The van der Waals surface area contributed by atoms with Gasteiger partial charge in [0.15, 0.2) is 0 Å². The average molecular weight is 281 g/mol. The van der Waals surface area contributed by atoms with Gasteiger partial charge < -0.3 is 9.30 Å². The van der Waals surface area contributed by atoms with Crippen molar-refractivity contribution in [3.8, 4) is 0 Å². The number of aromatic nitrogens is 2. The lowest BCUT2D eigenvalue weighted by Crippen LogP contribution is -2.08. The Hall–Kier alpha value is -1.06. The summed E-state index contributed by atoms with van der Waals surface area (Å²) in [6.07, 6.45) is 1.00. The number of aryl methyl sites for hydroxylation is 1. The van der Waals surface area contributed by atoms with E-state index in [4.69, 9.17) is 21.3 Å². The van der Waals surface area contributed by atoms with Gasteiger partial charge in [-0.15, -0.1) is 0 Å². The molecule has 19 heavy (non-hydrogen) atoms. The molecule has 1 heterocycles. The molecule has 0 unspecified atom stereocenters. The Morgan fingerprint density at radius 2 is 2.16 bits per heavy atom. The Morgan fingerprint density at radius 1 is 1.37 bits per heavy atom. The Bertz CT molecular complexity index is 548. The smallest absolute Gasteiger partial charge is 0.112 e. The summed E-state index contributed by atoms with van der Waals surface area (Å²) in [5.74, 6) is 1.52. The van der Waals surface area contributed by atoms with Crippen molar-refractivity contribution in [3.63, 3.8) is 0 Å². The van der Waals surface area contributed by atoms with Crippen LogP contribution in [0.25, 0.3) is 11.0 Å². The van der Waals surface area contributed by atoms with Crippen LogP contribution in [0.15, 0.2) is 18.2 Å². The summed E-state index contributed by atoms with van der Waals surface area (Å²) in [6.45, 7) is 8.86. The number of rotatable bonds is 6. The topological polar surface area (TPSA) is 27.1 Å². The van der Waals surface area contributed by atoms with Crippen LogP contribution in [-0.2, 0) is 11.3 Å². The average Bonchev–Trinajstić information content (AvgIpc) is 2.72. The first-order valence-electron chi connectivity index (χ1n) is 6.87. The van der Waals surface area contributed by atoms with Crippen molar-refractivity contribution in [2.24, 2.45) is 0 Å². The van der Waals surface area contributed by atoms with Crippen LogP contribution in [0.2, 0.25) is 5.02 Å². The van der Waals surface area contributed by atoms with Gasteiger partial charge in [0.25, 0.3) is 0 Å². The Morgan fingerprint density at radius 3 is 2.84 bits per heavy atom. The van der Waals surface area contributed by atoms with E-state index in [0.717, 1.165) is 48.1 Å². The van der Waals surface area contributed by atoms with E-state index in [9.17, 15) is 0 Å². The van der Waals surface area contributed by atoms with Crippen LogP contribution in [0.1, 0.15) is 38.9 Å².